The normalized spacial score (nSPS) is 11.5. The number of aromatic amines is 1. The van der Waals surface area contributed by atoms with E-state index in [0.29, 0.717) is 17.5 Å². The molecule has 0 aliphatic heterocycles. The van der Waals surface area contributed by atoms with Gasteiger partial charge in [0, 0.05) is 30.9 Å². The Kier molecular flexibility index (Phi) is 4.71. The monoisotopic (exact) mass is 324 g/mol. The maximum absolute atomic E-state index is 12.3. The van der Waals surface area contributed by atoms with Crippen LogP contribution in [0.4, 0.5) is 0 Å². The number of nitrogens with zero attached hydrogens (tertiary/aromatic N) is 1. The lowest BCUT2D eigenvalue weighted by Gasteiger charge is -2.10. The molecule has 0 spiro atoms. The van der Waals surface area contributed by atoms with Gasteiger partial charge in [-0.05, 0) is 18.6 Å². The molecule has 21 heavy (non-hydrogen) atoms. The van der Waals surface area contributed by atoms with E-state index in [1.165, 1.54) is 6.07 Å². The van der Waals surface area contributed by atoms with Crippen molar-refractivity contribution in [3.63, 3.8) is 0 Å². The number of hydrogen-bond donors (Lipinski definition) is 3. The van der Waals surface area contributed by atoms with E-state index in [4.69, 9.17) is 18.0 Å². The van der Waals surface area contributed by atoms with E-state index in [9.17, 15) is 8.42 Å². The lowest BCUT2D eigenvalue weighted by atomic mass is 10.1. The lowest BCUT2D eigenvalue weighted by molar-refractivity contribution is 0.580. The largest absolute Gasteiger partial charge is 0.389 e. The van der Waals surface area contributed by atoms with Gasteiger partial charge in [0.1, 0.15) is 10.8 Å². The van der Waals surface area contributed by atoms with Crippen LogP contribution in [-0.4, -0.2) is 29.9 Å². The number of rotatable bonds is 6. The number of aryl methyl sites for hydroxylation is 1. The van der Waals surface area contributed by atoms with Crippen molar-refractivity contribution < 1.29 is 8.42 Å². The molecule has 6 nitrogen and oxygen atoms in total. The Bertz CT molecular complexity index is 740. The molecule has 0 atom stereocenters. The van der Waals surface area contributed by atoms with Gasteiger partial charge >= 0.3 is 0 Å². The number of sulfonamides is 1. The zero-order chi connectivity index (χ0) is 15.5. The van der Waals surface area contributed by atoms with Gasteiger partial charge in [-0.2, -0.15) is 0 Å². The van der Waals surface area contributed by atoms with Crippen molar-refractivity contribution in [2.75, 3.05) is 6.54 Å². The fraction of sp³-hybridized carbons (Fsp3) is 0.231. The summed E-state index contributed by atoms with van der Waals surface area (Å²) in [5, 5.41) is 0. The lowest BCUT2D eigenvalue weighted by Crippen LogP contribution is -2.27. The minimum Gasteiger partial charge on any atom is -0.389 e. The number of imidazole rings is 1. The van der Waals surface area contributed by atoms with Crippen LogP contribution in [0.3, 0.4) is 0 Å². The van der Waals surface area contributed by atoms with Gasteiger partial charge in [-0.1, -0.05) is 24.4 Å². The Hall–Kier alpha value is -1.77. The third-order valence-corrected chi connectivity index (χ3v) is 4.81. The maximum Gasteiger partial charge on any atom is 0.240 e. The maximum atomic E-state index is 12.3. The highest BCUT2D eigenvalue weighted by Crippen LogP contribution is 2.17. The molecule has 0 bridgehead atoms. The van der Waals surface area contributed by atoms with Gasteiger partial charge < -0.3 is 10.7 Å². The van der Waals surface area contributed by atoms with Gasteiger partial charge in [0.2, 0.25) is 10.0 Å². The molecular formula is C13H16N4O2S2. The topological polar surface area (TPSA) is 101 Å². The molecule has 1 aromatic heterocycles. The molecule has 4 N–H and O–H groups in total. The van der Waals surface area contributed by atoms with Crippen molar-refractivity contribution in [3.8, 4) is 0 Å². The minimum atomic E-state index is -3.61. The zero-order valence-corrected chi connectivity index (χ0v) is 13.1. The Morgan fingerprint density at radius 3 is 2.86 bits per heavy atom. The van der Waals surface area contributed by atoms with Crippen LogP contribution in [0.5, 0.6) is 0 Å². The molecule has 112 valence electrons. The summed E-state index contributed by atoms with van der Waals surface area (Å²) in [5.41, 5.74) is 6.71. The van der Waals surface area contributed by atoms with E-state index in [2.05, 4.69) is 14.7 Å². The number of benzene rings is 1. The second-order valence-electron chi connectivity index (χ2n) is 4.53. The predicted octanol–water partition coefficient (Wildman–Crippen LogP) is 0.873. The van der Waals surface area contributed by atoms with Crippen molar-refractivity contribution in [1.29, 1.82) is 0 Å². The third kappa shape index (κ3) is 3.87. The Labute approximate surface area is 128 Å². The third-order valence-electron chi connectivity index (χ3n) is 2.97. The van der Waals surface area contributed by atoms with Crippen molar-refractivity contribution >= 4 is 27.2 Å². The highest BCUT2D eigenvalue weighted by atomic mass is 32.2. The minimum absolute atomic E-state index is 0.169. The molecule has 1 aromatic carbocycles. The van der Waals surface area contributed by atoms with Crippen LogP contribution in [0.1, 0.15) is 17.0 Å². The summed E-state index contributed by atoms with van der Waals surface area (Å²) in [7, 11) is -3.61. The van der Waals surface area contributed by atoms with Gasteiger partial charge in [-0.3, -0.25) is 0 Å². The Morgan fingerprint density at radius 1 is 1.48 bits per heavy atom. The van der Waals surface area contributed by atoms with Crippen LogP contribution < -0.4 is 10.5 Å². The smallest absolute Gasteiger partial charge is 0.240 e. The number of thiocarbonyl (C=S) groups is 1. The van der Waals surface area contributed by atoms with Crippen molar-refractivity contribution in [2.24, 2.45) is 5.73 Å². The molecule has 1 heterocycles. The molecule has 0 unspecified atom stereocenters. The molecular weight excluding hydrogens is 308 g/mol. The second kappa shape index (κ2) is 6.33. The Morgan fingerprint density at radius 2 is 2.24 bits per heavy atom. The van der Waals surface area contributed by atoms with Gasteiger partial charge in [0.15, 0.2) is 0 Å². The van der Waals surface area contributed by atoms with Crippen LogP contribution in [0, 0.1) is 6.92 Å². The van der Waals surface area contributed by atoms with E-state index in [-0.39, 0.29) is 16.4 Å². The van der Waals surface area contributed by atoms with Crippen molar-refractivity contribution in [1.82, 2.24) is 14.7 Å². The summed E-state index contributed by atoms with van der Waals surface area (Å²) in [6.45, 7) is 1.98. The highest BCUT2D eigenvalue weighted by Gasteiger charge is 2.17. The molecule has 2 aromatic rings. The number of nitrogens with one attached hydrogen (secondary N) is 2. The van der Waals surface area contributed by atoms with E-state index < -0.39 is 10.0 Å². The first kappa shape index (κ1) is 15.6. The number of hydrogen-bond acceptors (Lipinski definition) is 4. The van der Waals surface area contributed by atoms with Crippen molar-refractivity contribution in [3.05, 3.63) is 47.5 Å². The van der Waals surface area contributed by atoms with Gasteiger partial charge in [-0.25, -0.2) is 18.1 Å². The predicted molar refractivity (Wildman–Crippen MR) is 84.5 cm³/mol. The highest BCUT2D eigenvalue weighted by molar-refractivity contribution is 7.89. The molecule has 0 saturated carbocycles. The first-order valence-electron chi connectivity index (χ1n) is 6.28. The van der Waals surface area contributed by atoms with Gasteiger partial charge in [0.05, 0.1) is 4.90 Å². The summed E-state index contributed by atoms with van der Waals surface area (Å²) < 4.78 is 27.2. The van der Waals surface area contributed by atoms with Crippen LogP contribution in [-0.2, 0) is 16.4 Å². The quantitative estimate of drug-likeness (QED) is 0.685. The average Bonchev–Trinajstić information content (AvgIpc) is 2.91. The fourth-order valence-electron chi connectivity index (χ4n) is 1.86. The molecule has 8 heteroatoms. The summed E-state index contributed by atoms with van der Waals surface area (Å²) in [6.07, 6.45) is 3.81. The van der Waals surface area contributed by atoms with Crippen molar-refractivity contribution in [2.45, 2.75) is 18.2 Å². The summed E-state index contributed by atoms with van der Waals surface area (Å²) >= 11 is 4.88. The molecule has 0 aliphatic rings. The van der Waals surface area contributed by atoms with E-state index in [1.807, 2.05) is 0 Å². The molecule has 2 rings (SSSR count). The Balaban J connectivity index is 2.15. The molecule has 0 radical (unpaired) electrons. The fourth-order valence-corrected chi connectivity index (χ4v) is 3.29. The molecule has 0 fully saturated rings. The van der Waals surface area contributed by atoms with E-state index in [1.54, 1.807) is 31.5 Å². The second-order valence-corrected chi connectivity index (χ2v) is 6.70. The van der Waals surface area contributed by atoms with Crippen LogP contribution in [0.2, 0.25) is 0 Å². The number of H-pyrrole nitrogens is 1. The van der Waals surface area contributed by atoms with Gasteiger partial charge in [0.25, 0.3) is 0 Å². The van der Waals surface area contributed by atoms with Crippen LogP contribution in [0.25, 0.3) is 0 Å². The van der Waals surface area contributed by atoms with E-state index in [0.717, 1.165) is 5.82 Å². The molecule has 0 saturated heterocycles. The number of nitrogens with two attached hydrogens (primary N) is 1. The van der Waals surface area contributed by atoms with Crippen LogP contribution >= 0.6 is 12.2 Å². The first-order valence-corrected chi connectivity index (χ1v) is 8.17. The average molecular weight is 324 g/mol. The van der Waals surface area contributed by atoms with E-state index >= 15 is 0 Å². The standard InChI is InChI=1S/C13H16N4O2S2/c1-9-2-3-10(13(14)20)8-11(9)21(18,19)17-5-4-12-15-6-7-16-12/h2-3,6-8,17H,4-5H2,1H3,(H2,14,20)(H,15,16). The summed E-state index contributed by atoms with van der Waals surface area (Å²) in [4.78, 5) is 7.31. The van der Waals surface area contributed by atoms with Gasteiger partial charge in [-0.15, -0.1) is 0 Å². The molecule has 0 amide bonds. The number of aromatic nitrogens is 2. The van der Waals surface area contributed by atoms with Crippen LogP contribution in [0.15, 0.2) is 35.5 Å². The zero-order valence-electron chi connectivity index (χ0n) is 11.5. The first-order chi connectivity index (χ1) is 9.90. The molecule has 0 aliphatic carbocycles. The summed E-state index contributed by atoms with van der Waals surface area (Å²) in [6, 6.07) is 4.89. The summed E-state index contributed by atoms with van der Waals surface area (Å²) in [5.74, 6) is 0.728. The SMILES string of the molecule is Cc1ccc(C(N)=S)cc1S(=O)(=O)NCCc1ncc[nH]1.